The molecule has 0 aliphatic heterocycles. The first-order valence-corrected chi connectivity index (χ1v) is 3.05. The summed E-state index contributed by atoms with van der Waals surface area (Å²) < 4.78 is 0. The van der Waals surface area contributed by atoms with E-state index in [9.17, 15) is 0 Å². The van der Waals surface area contributed by atoms with Crippen LogP contribution in [0.5, 0.6) is 0 Å². The van der Waals surface area contributed by atoms with Gasteiger partial charge in [0.2, 0.25) is 0 Å². The van der Waals surface area contributed by atoms with Crippen molar-refractivity contribution in [2.24, 2.45) is 0 Å². The Kier molecular flexibility index (Phi) is 2.84. The van der Waals surface area contributed by atoms with Crippen molar-refractivity contribution in [1.82, 2.24) is 19.9 Å². The standard InChI is InChI=1S/C5H3ClN4.Na/c6-4-3-5(9-1-7-3)10-2-8-4;/h1-2H,(H,7,8,9,10);. The molecule has 51 valence electrons. The smallest absolute Gasteiger partial charge is 0.182 e. The minimum absolute atomic E-state index is 0. The molecule has 4 nitrogen and oxygen atoms in total. The molecule has 0 spiro atoms. The Labute approximate surface area is 89.7 Å². The fourth-order valence-electron chi connectivity index (χ4n) is 0.736. The molecular formula is C5H3ClN4Na. The van der Waals surface area contributed by atoms with Gasteiger partial charge in [-0.05, 0) is 0 Å². The van der Waals surface area contributed by atoms with Gasteiger partial charge in [0, 0.05) is 29.6 Å². The zero-order valence-corrected chi connectivity index (χ0v) is 8.63. The Hall–Kier alpha value is -0.160. The number of halogens is 1. The van der Waals surface area contributed by atoms with Crippen molar-refractivity contribution in [2.75, 3.05) is 0 Å². The molecule has 0 aromatic carbocycles. The largest absolute Gasteiger partial charge is 0.341 e. The van der Waals surface area contributed by atoms with E-state index in [0.717, 1.165) is 0 Å². The summed E-state index contributed by atoms with van der Waals surface area (Å²) in [5.74, 6) is 0. The average Bonchev–Trinajstić information content (AvgIpc) is 2.36. The van der Waals surface area contributed by atoms with Crippen molar-refractivity contribution in [2.45, 2.75) is 0 Å². The second-order valence-corrected chi connectivity index (χ2v) is 2.12. The molecule has 2 aromatic heterocycles. The van der Waals surface area contributed by atoms with E-state index in [1.807, 2.05) is 0 Å². The van der Waals surface area contributed by atoms with Crippen molar-refractivity contribution in [3.63, 3.8) is 0 Å². The summed E-state index contributed by atoms with van der Waals surface area (Å²) in [6.07, 6.45) is 2.91. The first-order valence-electron chi connectivity index (χ1n) is 2.67. The normalized spacial score (nSPS) is 9.55. The molecule has 1 N–H and O–H groups in total. The van der Waals surface area contributed by atoms with E-state index >= 15 is 0 Å². The maximum Gasteiger partial charge on any atom is 0.182 e. The summed E-state index contributed by atoms with van der Waals surface area (Å²) in [5.41, 5.74) is 1.28. The Morgan fingerprint density at radius 2 is 2.09 bits per heavy atom. The SMILES string of the molecule is Clc1ncnc2nc[nH]c12.[Na]. The molecule has 0 fully saturated rings. The molecule has 11 heavy (non-hydrogen) atoms. The van der Waals surface area contributed by atoms with Crippen LogP contribution in [0.25, 0.3) is 11.2 Å². The van der Waals surface area contributed by atoms with Crippen LogP contribution in [0.1, 0.15) is 0 Å². The molecule has 0 aliphatic rings. The van der Waals surface area contributed by atoms with Gasteiger partial charge >= 0.3 is 0 Å². The molecule has 2 aromatic rings. The number of fused-ring (bicyclic) bond motifs is 1. The maximum absolute atomic E-state index is 5.68. The topological polar surface area (TPSA) is 54.5 Å². The Morgan fingerprint density at radius 1 is 1.27 bits per heavy atom. The van der Waals surface area contributed by atoms with Gasteiger partial charge in [0.15, 0.2) is 10.8 Å². The molecule has 2 heterocycles. The molecule has 2 rings (SSSR count). The van der Waals surface area contributed by atoms with Crippen LogP contribution in [0.4, 0.5) is 0 Å². The number of nitrogens with zero attached hydrogens (tertiary/aromatic N) is 3. The van der Waals surface area contributed by atoms with Crippen LogP contribution in [0.15, 0.2) is 12.7 Å². The van der Waals surface area contributed by atoms with Crippen LogP contribution in [0, 0.1) is 0 Å². The van der Waals surface area contributed by atoms with E-state index in [2.05, 4.69) is 19.9 Å². The minimum Gasteiger partial charge on any atom is -0.341 e. The zero-order valence-electron chi connectivity index (χ0n) is 5.87. The summed E-state index contributed by atoms with van der Waals surface area (Å²) in [6, 6.07) is 0. The van der Waals surface area contributed by atoms with Crippen LogP contribution in [-0.2, 0) is 0 Å². The number of rotatable bonds is 0. The van der Waals surface area contributed by atoms with Gasteiger partial charge in [-0.25, -0.2) is 15.0 Å². The van der Waals surface area contributed by atoms with E-state index in [1.165, 1.54) is 12.7 Å². The van der Waals surface area contributed by atoms with Gasteiger partial charge in [0.05, 0.1) is 6.33 Å². The number of hydrogen-bond donors (Lipinski definition) is 1. The molecule has 0 saturated carbocycles. The first kappa shape index (κ1) is 8.93. The van der Waals surface area contributed by atoms with Gasteiger partial charge in [-0.15, -0.1) is 0 Å². The molecular weight excluding hydrogens is 175 g/mol. The monoisotopic (exact) mass is 177 g/mol. The number of hydrogen-bond acceptors (Lipinski definition) is 3. The van der Waals surface area contributed by atoms with Crippen LogP contribution in [0.3, 0.4) is 0 Å². The zero-order chi connectivity index (χ0) is 6.97. The molecule has 0 aliphatic carbocycles. The van der Waals surface area contributed by atoms with Gasteiger partial charge in [-0.1, -0.05) is 11.6 Å². The van der Waals surface area contributed by atoms with Crippen molar-refractivity contribution in [3.05, 3.63) is 17.8 Å². The van der Waals surface area contributed by atoms with E-state index in [-0.39, 0.29) is 29.6 Å². The van der Waals surface area contributed by atoms with Crippen LogP contribution < -0.4 is 0 Å². The third-order valence-electron chi connectivity index (χ3n) is 1.18. The van der Waals surface area contributed by atoms with Gasteiger partial charge in [-0.2, -0.15) is 0 Å². The summed E-state index contributed by atoms with van der Waals surface area (Å²) in [7, 11) is 0. The van der Waals surface area contributed by atoms with Crippen LogP contribution >= 0.6 is 11.6 Å². The molecule has 0 atom stereocenters. The average molecular weight is 178 g/mol. The van der Waals surface area contributed by atoms with E-state index in [4.69, 9.17) is 11.6 Å². The molecule has 0 saturated heterocycles. The maximum atomic E-state index is 5.68. The fraction of sp³-hybridized carbons (Fsp3) is 0. The number of imidazole rings is 1. The van der Waals surface area contributed by atoms with Crippen LogP contribution in [0.2, 0.25) is 5.15 Å². The fourth-order valence-corrected chi connectivity index (χ4v) is 0.918. The number of aromatic amines is 1. The molecule has 0 bridgehead atoms. The Morgan fingerprint density at radius 3 is 2.82 bits per heavy atom. The predicted octanol–water partition coefficient (Wildman–Crippen LogP) is 0.625. The van der Waals surface area contributed by atoms with E-state index < -0.39 is 0 Å². The van der Waals surface area contributed by atoms with E-state index in [0.29, 0.717) is 16.3 Å². The second-order valence-electron chi connectivity index (χ2n) is 1.77. The number of nitrogens with one attached hydrogen (secondary N) is 1. The molecule has 1 radical (unpaired) electrons. The van der Waals surface area contributed by atoms with Gasteiger partial charge in [0.25, 0.3) is 0 Å². The van der Waals surface area contributed by atoms with Crippen molar-refractivity contribution in [3.8, 4) is 0 Å². The number of H-pyrrole nitrogens is 1. The Bertz CT molecular complexity index is 360. The summed E-state index contributed by atoms with van der Waals surface area (Å²) in [6.45, 7) is 0. The quantitative estimate of drug-likeness (QED) is 0.474. The number of aromatic nitrogens is 4. The summed E-state index contributed by atoms with van der Waals surface area (Å²) in [5, 5.41) is 0.405. The summed E-state index contributed by atoms with van der Waals surface area (Å²) in [4.78, 5) is 14.3. The molecule has 0 amide bonds. The van der Waals surface area contributed by atoms with Crippen molar-refractivity contribution >= 4 is 52.3 Å². The predicted molar refractivity (Wildman–Crippen MR) is 42.4 cm³/mol. The van der Waals surface area contributed by atoms with Gasteiger partial charge < -0.3 is 4.98 Å². The Balaban J connectivity index is 0.000000605. The molecule has 0 unspecified atom stereocenters. The van der Waals surface area contributed by atoms with Gasteiger partial charge in [-0.3, -0.25) is 0 Å². The minimum atomic E-state index is 0. The van der Waals surface area contributed by atoms with Crippen molar-refractivity contribution in [1.29, 1.82) is 0 Å². The van der Waals surface area contributed by atoms with Crippen molar-refractivity contribution < 1.29 is 0 Å². The first-order chi connectivity index (χ1) is 4.88. The van der Waals surface area contributed by atoms with Crippen LogP contribution in [-0.4, -0.2) is 49.5 Å². The summed E-state index contributed by atoms with van der Waals surface area (Å²) >= 11 is 5.68. The van der Waals surface area contributed by atoms with Gasteiger partial charge in [0.1, 0.15) is 11.8 Å². The molecule has 6 heteroatoms. The van der Waals surface area contributed by atoms with E-state index in [1.54, 1.807) is 0 Å². The third kappa shape index (κ3) is 1.54. The second kappa shape index (κ2) is 3.49. The third-order valence-corrected chi connectivity index (χ3v) is 1.46.